The van der Waals surface area contributed by atoms with Gasteiger partial charge >= 0.3 is 17.9 Å². The molecule has 0 bridgehead atoms. The van der Waals surface area contributed by atoms with E-state index < -0.39 is 12.1 Å². The summed E-state index contributed by atoms with van der Waals surface area (Å²) in [7, 11) is 0. The third-order valence-electron chi connectivity index (χ3n) is 14.2. The summed E-state index contributed by atoms with van der Waals surface area (Å²) in [6, 6.07) is 0. The van der Waals surface area contributed by atoms with Crippen molar-refractivity contribution in [3.05, 3.63) is 122 Å². The molecule has 0 saturated carbocycles. The van der Waals surface area contributed by atoms with Gasteiger partial charge < -0.3 is 14.2 Å². The first kappa shape index (κ1) is 75.8. The Balaban J connectivity index is 4.47. The average Bonchev–Trinajstić information content (AvgIpc) is 3.46. The fourth-order valence-electron chi connectivity index (χ4n) is 9.18. The number of ether oxygens (including phenoxy) is 3. The van der Waals surface area contributed by atoms with E-state index in [1.54, 1.807) is 0 Å². The number of rotatable bonds is 60. The van der Waals surface area contributed by atoms with Crippen molar-refractivity contribution in [1.82, 2.24) is 0 Å². The smallest absolute Gasteiger partial charge is 0.306 e. The molecule has 0 radical (unpaired) electrons. The second kappa shape index (κ2) is 67.3. The summed E-state index contributed by atoms with van der Waals surface area (Å²) in [5, 5.41) is 0. The van der Waals surface area contributed by atoms with Gasteiger partial charge in [-0.2, -0.15) is 0 Å². The first-order chi connectivity index (χ1) is 39.5. The molecule has 0 N–H and O–H groups in total. The largest absolute Gasteiger partial charge is 0.462 e. The molecule has 0 fully saturated rings. The third kappa shape index (κ3) is 64.6. The predicted octanol–water partition coefficient (Wildman–Crippen LogP) is 23.2. The maximum Gasteiger partial charge on any atom is 0.306 e. The van der Waals surface area contributed by atoms with Gasteiger partial charge in [-0.3, -0.25) is 14.4 Å². The van der Waals surface area contributed by atoms with E-state index in [0.29, 0.717) is 19.3 Å². The Morgan fingerprint density at radius 3 is 0.825 bits per heavy atom. The van der Waals surface area contributed by atoms with Crippen LogP contribution in [0.4, 0.5) is 0 Å². The maximum atomic E-state index is 12.9. The van der Waals surface area contributed by atoms with Gasteiger partial charge in [0.15, 0.2) is 6.10 Å². The molecule has 0 aliphatic carbocycles. The Morgan fingerprint density at radius 1 is 0.263 bits per heavy atom. The first-order valence-electron chi connectivity index (χ1n) is 33.5. The van der Waals surface area contributed by atoms with Crippen molar-refractivity contribution in [2.75, 3.05) is 13.2 Å². The summed E-state index contributed by atoms with van der Waals surface area (Å²) in [5.41, 5.74) is 0. The zero-order valence-electron chi connectivity index (χ0n) is 52.3. The second-order valence-electron chi connectivity index (χ2n) is 22.0. The fraction of sp³-hybridized carbons (Fsp3) is 0.689. The number of carbonyl (C=O) groups is 3. The van der Waals surface area contributed by atoms with E-state index in [0.717, 1.165) is 89.9 Å². The predicted molar refractivity (Wildman–Crippen MR) is 348 cm³/mol. The van der Waals surface area contributed by atoms with Crippen LogP contribution in [-0.4, -0.2) is 37.2 Å². The SMILES string of the molecule is CC/C=C\C/C=C\C/C=C\C/C=C\C/C=C\C/C=C\CCC(=O)OC(COC(=O)CCCCCCCCC/C=C\CCCCCCCCC)COC(=O)CCCCCCCCCCCC/C=C\C/C=C\C/C=C\CCCCCCC. The van der Waals surface area contributed by atoms with Gasteiger partial charge in [0.2, 0.25) is 0 Å². The molecule has 456 valence electrons. The van der Waals surface area contributed by atoms with Gasteiger partial charge in [0.25, 0.3) is 0 Å². The van der Waals surface area contributed by atoms with Crippen LogP contribution in [0.5, 0.6) is 0 Å². The number of hydrogen-bond donors (Lipinski definition) is 0. The van der Waals surface area contributed by atoms with E-state index >= 15 is 0 Å². The Kier molecular flexibility index (Phi) is 63.8. The van der Waals surface area contributed by atoms with Crippen molar-refractivity contribution in [1.29, 1.82) is 0 Å². The second-order valence-corrected chi connectivity index (χ2v) is 22.0. The van der Waals surface area contributed by atoms with Gasteiger partial charge in [0.1, 0.15) is 13.2 Å². The molecule has 6 heteroatoms. The number of esters is 3. The molecule has 0 aromatic rings. The number of unbranched alkanes of at least 4 members (excludes halogenated alkanes) is 29. The third-order valence-corrected chi connectivity index (χ3v) is 14.2. The van der Waals surface area contributed by atoms with Gasteiger partial charge in [-0.15, -0.1) is 0 Å². The lowest BCUT2D eigenvalue weighted by atomic mass is 10.1. The van der Waals surface area contributed by atoms with E-state index in [1.165, 1.54) is 173 Å². The summed E-state index contributed by atoms with van der Waals surface area (Å²) < 4.78 is 16.9. The summed E-state index contributed by atoms with van der Waals surface area (Å²) in [4.78, 5) is 38.4. The first-order valence-corrected chi connectivity index (χ1v) is 33.5. The molecule has 6 nitrogen and oxygen atoms in total. The summed E-state index contributed by atoms with van der Waals surface area (Å²) in [5.74, 6) is -0.999. The molecule has 0 amide bonds. The minimum Gasteiger partial charge on any atom is -0.462 e. The number of hydrogen-bond acceptors (Lipinski definition) is 6. The van der Waals surface area contributed by atoms with E-state index in [9.17, 15) is 14.4 Å². The van der Waals surface area contributed by atoms with E-state index in [4.69, 9.17) is 14.2 Å². The lowest BCUT2D eigenvalue weighted by Gasteiger charge is -2.18. The molecule has 0 saturated heterocycles. The summed E-state index contributed by atoms with van der Waals surface area (Å²) in [6.45, 7) is 6.47. The number of carbonyl (C=O) groups excluding carboxylic acids is 3. The van der Waals surface area contributed by atoms with Gasteiger partial charge in [-0.1, -0.05) is 290 Å². The Morgan fingerprint density at radius 2 is 0.512 bits per heavy atom. The van der Waals surface area contributed by atoms with Crippen LogP contribution in [0.1, 0.15) is 310 Å². The van der Waals surface area contributed by atoms with Crippen LogP contribution < -0.4 is 0 Å². The van der Waals surface area contributed by atoms with Gasteiger partial charge in [0.05, 0.1) is 0 Å². The van der Waals surface area contributed by atoms with Crippen molar-refractivity contribution in [3.63, 3.8) is 0 Å². The molecule has 1 unspecified atom stereocenters. The molecular formula is C74H124O6. The minimum atomic E-state index is -0.827. The lowest BCUT2D eigenvalue weighted by Crippen LogP contribution is -2.30. The van der Waals surface area contributed by atoms with Crippen molar-refractivity contribution in [3.8, 4) is 0 Å². The molecule has 0 rings (SSSR count). The number of allylic oxidation sites excluding steroid dienone is 20. The standard InChI is InChI=1S/C74H124O6/c1-4-7-10-13-16-19-22-25-28-31-34-35-36-37-38-39-41-43-46-49-52-55-58-61-64-67-73(76)79-70-71(69-78-72(75)66-63-60-57-54-51-48-45-42-33-30-27-24-21-18-15-12-9-6-3)80-74(77)68-65-62-59-56-53-50-47-44-40-32-29-26-23-20-17-14-11-8-5-2/h8,11,17,20,22,25-26,29-31,33-34,36-37,40,44,50,53,59,62,71H,4-7,9-10,12-16,18-19,21,23-24,27-28,32,35,38-39,41-43,45-49,51-52,54-58,60-61,63-70H2,1-3H3/b11-8-,20-17-,25-22-,29-26-,33-30-,34-31-,37-36-,44-40-,53-50-,62-59-. The molecular weight excluding hydrogens is 985 g/mol. The van der Waals surface area contributed by atoms with Crippen LogP contribution in [0.15, 0.2) is 122 Å². The lowest BCUT2D eigenvalue weighted by molar-refractivity contribution is -0.166. The summed E-state index contributed by atoms with van der Waals surface area (Å²) >= 11 is 0. The summed E-state index contributed by atoms with van der Waals surface area (Å²) in [6.07, 6.45) is 93.6. The van der Waals surface area contributed by atoms with Crippen LogP contribution in [-0.2, 0) is 28.6 Å². The van der Waals surface area contributed by atoms with E-state index in [2.05, 4.69) is 136 Å². The van der Waals surface area contributed by atoms with E-state index in [-0.39, 0.29) is 31.6 Å². The van der Waals surface area contributed by atoms with Crippen LogP contribution in [0.25, 0.3) is 0 Å². The molecule has 0 heterocycles. The average molecular weight is 1110 g/mol. The topological polar surface area (TPSA) is 78.9 Å². The van der Waals surface area contributed by atoms with Crippen molar-refractivity contribution < 1.29 is 28.6 Å². The maximum absolute atomic E-state index is 12.9. The van der Waals surface area contributed by atoms with Gasteiger partial charge in [-0.25, -0.2) is 0 Å². The zero-order valence-corrected chi connectivity index (χ0v) is 52.3. The van der Waals surface area contributed by atoms with Gasteiger partial charge in [-0.05, 0) is 122 Å². The van der Waals surface area contributed by atoms with Crippen LogP contribution in [0.3, 0.4) is 0 Å². The van der Waals surface area contributed by atoms with Crippen molar-refractivity contribution in [2.45, 2.75) is 316 Å². The van der Waals surface area contributed by atoms with Crippen molar-refractivity contribution in [2.24, 2.45) is 0 Å². The Labute approximate surface area is 494 Å². The van der Waals surface area contributed by atoms with Crippen LogP contribution in [0.2, 0.25) is 0 Å². The Bertz CT molecular complexity index is 1650. The molecule has 0 aliphatic rings. The molecule has 0 aromatic heterocycles. The van der Waals surface area contributed by atoms with Crippen LogP contribution >= 0.6 is 0 Å². The minimum absolute atomic E-state index is 0.113. The highest BCUT2D eigenvalue weighted by atomic mass is 16.6. The molecule has 0 spiro atoms. The zero-order chi connectivity index (χ0) is 57.8. The van der Waals surface area contributed by atoms with Crippen LogP contribution in [0, 0.1) is 0 Å². The fourth-order valence-corrected chi connectivity index (χ4v) is 9.18. The van der Waals surface area contributed by atoms with Gasteiger partial charge in [0, 0.05) is 19.3 Å². The molecule has 1 atom stereocenters. The normalized spacial score (nSPS) is 12.9. The molecule has 0 aliphatic heterocycles. The Hall–Kier alpha value is -4.19. The highest BCUT2D eigenvalue weighted by Gasteiger charge is 2.19. The molecule has 80 heavy (non-hydrogen) atoms. The highest BCUT2D eigenvalue weighted by molar-refractivity contribution is 5.71. The quantitative estimate of drug-likeness (QED) is 0.0261. The molecule has 0 aromatic carbocycles. The van der Waals surface area contributed by atoms with E-state index in [1.807, 2.05) is 6.08 Å². The monoisotopic (exact) mass is 1110 g/mol. The van der Waals surface area contributed by atoms with Crippen molar-refractivity contribution >= 4 is 17.9 Å². The highest BCUT2D eigenvalue weighted by Crippen LogP contribution is 2.15.